The van der Waals surface area contributed by atoms with Crippen LogP contribution in [0.3, 0.4) is 0 Å². The van der Waals surface area contributed by atoms with Crippen molar-refractivity contribution in [1.29, 1.82) is 0 Å². The molecule has 0 fully saturated rings. The van der Waals surface area contributed by atoms with E-state index in [4.69, 9.17) is 27.9 Å². The Morgan fingerprint density at radius 2 is 1.93 bits per heavy atom. The lowest BCUT2D eigenvalue weighted by molar-refractivity contribution is -0.142. The highest BCUT2D eigenvalue weighted by Crippen LogP contribution is 2.25. The van der Waals surface area contributed by atoms with Crippen LogP contribution >= 0.6 is 23.2 Å². The maximum Gasteiger partial charge on any atom is 0.331 e. The molecule has 2 aromatic carbocycles. The number of esters is 1. The molecule has 0 bridgehead atoms. The average Bonchev–Trinajstić information content (AvgIpc) is 2.67. The molecule has 0 aliphatic carbocycles. The molecule has 7 heteroatoms. The normalized spacial score (nSPS) is 10.9. The Morgan fingerprint density at radius 3 is 2.74 bits per heavy atom. The summed E-state index contributed by atoms with van der Waals surface area (Å²) >= 11 is 11.8. The van der Waals surface area contributed by atoms with Crippen molar-refractivity contribution in [3.63, 3.8) is 0 Å². The van der Waals surface area contributed by atoms with Gasteiger partial charge in [0.2, 0.25) is 0 Å². The number of hydrogen-bond donors (Lipinski definition) is 1. The van der Waals surface area contributed by atoms with Crippen LogP contribution in [-0.2, 0) is 14.3 Å². The van der Waals surface area contributed by atoms with Gasteiger partial charge in [-0.15, -0.1) is 0 Å². The van der Waals surface area contributed by atoms with Gasteiger partial charge in [0.15, 0.2) is 6.61 Å². The van der Waals surface area contributed by atoms with Gasteiger partial charge in [-0.2, -0.15) is 0 Å². The van der Waals surface area contributed by atoms with Crippen LogP contribution in [0.4, 0.5) is 5.69 Å². The van der Waals surface area contributed by atoms with E-state index in [1.54, 1.807) is 24.4 Å². The molecule has 27 heavy (non-hydrogen) atoms. The van der Waals surface area contributed by atoms with E-state index in [2.05, 4.69) is 10.3 Å². The number of pyridine rings is 1. The van der Waals surface area contributed by atoms with E-state index in [0.717, 1.165) is 16.5 Å². The molecule has 136 valence electrons. The molecule has 3 aromatic rings. The Balaban J connectivity index is 1.57. The van der Waals surface area contributed by atoms with Crippen LogP contribution in [0.15, 0.2) is 60.8 Å². The lowest BCUT2D eigenvalue weighted by atomic mass is 10.1. The molecule has 1 N–H and O–H groups in total. The number of rotatable bonds is 5. The predicted molar refractivity (Wildman–Crippen MR) is 107 cm³/mol. The summed E-state index contributed by atoms with van der Waals surface area (Å²) in [6.45, 7) is -0.435. The van der Waals surface area contributed by atoms with Crippen molar-refractivity contribution >= 4 is 57.7 Å². The fourth-order valence-corrected chi connectivity index (χ4v) is 2.84. The van der Waals surface area contributed by atoms with E-state index < -0.39 is 18.5 Å². The summed E-state index contributed by atoms with van der Waals surface area (Å²) in [6, 6.07) is 14.1. The summed E-state index contributed by atoms with van der Waals surface area (Å²) in [5.74, 6) is -1.15. The van der Waals surface area contributed by atoms with Crippen LogP contribution in [0.1, 0.15) is 5.56 Å². The molecule has 0 unspecified atom stereocenters. The largest absolute Gasteiger partial charge is 0.452 e. The van der Waals surface area contributed by atoms with Crippen molar-refractivity contribution in [2.24, 2.45) is 0 Å². The highest BCUT2D eigenvalue weighted by molar-refractivity contribution is 6.36. The SMILES string of the molecule is O=C(COC(=O)/C=C/c1cccc2cccnc12)Nc1ccc(Cl)cc1Cl. The van der Waals surface area contributed by atoms with Gasteiger partial charge in [-0.3, -0.25) is 9.78 Å². The second kappa shape index (κ2) is 8.66. The smallest absolute Gasteiger partial charge is 0.331 e. The molecule has 0 atom stereocenters. The van der Waals surface area contributed by atoms with Crippen LogP contribution in [0.25, 0.3) is 17.0 Å². The third-order valence-corrected chi connectivity index (χ3v) is 4.16. The van der Waals surface area contributed by atoms with Crippen molar-refractivity contribution in [2.45, 2.75) is 0 Å². The minimum atomic E-state index is -0.639. The van der Waals surface area contributed by atoms with Crippen LogP contribution in [0.5, 0.6) is 0 Å². The molecule has 0 radical (unpaired) electrons. The zero-order chi connectivity index (χ0) is 19.2. The minimum Gasteiger partial charge on any atom is -0.452 e. The van der Waals surface area contributed by atoms with Crippen molar-refractivity contribution < 1.29 is 14.3 Å². The number of benzene rings is 2. The highest BCUT2D eigenvalue weighted by Gasteiger charge is 2.09. The lowest BCUT2D eigenvalue weighted by Crippen LogP contribution is -2.20. The first-order valence-corrected chi connectivity index (χ1v) is 8.72. The maximum absolute atomic E-state index is 11.9. The average molecular weight is 401 g/mol. The van der Waals surface area contributed by atoms with E-state index in [-0.39, 0.29) is 0 Å². The number of amides is 1. The molecule has 1 heterocycles. The van der Waals surface area contributed by atoms with E-state index in [0.29, 0.717) is 15.7 Å². The number of ether oxygens (including phenoxy) is 1. The number of carbonyl (C=O) groups excluding carboxylic acids is 2. The number of aromatic nitrogens is 1. The standard InChI is InChI=1S/C20H14Cl2N2O3/c21-15-7-8-17(16(22)11-15)24-18(25)12-27-19(26)9-6-14-4-1-3-13-5-2-10-23-20(13)14/h1-11H,12H2,(H,24,25)/b9-6+. The molecule has 5 nitrogen and oxygen atoms in total. The predicted octanol–water partition coefficient (Wildman–Crippen LogP) is 4.74. The quantitative estimate of drug-likeness (QED) is 0.496. The fourth-order valence-electron chi connectivity index (χ4n) is 2.38. The summed E-state index contributed by atoms with van der Waals surface area (Å²) in [5.41, 5.74) is 1.95. The van der Waals surface area contributed by atoms with Gasteiger partial charge in [0.05, 0.1) is 16.2 Å². The Labute approximate surface area is 165 Å². The Hall–Kier alpha value is -2.89. The van der Waals surface area contributed by atoms with Crippen molar-refractivity contribution in [3.8, 4) is 0 Å². The zero-order valence-electron chi connectivity index (χ0n) is 14.0. The van der Waals surface area contributed by atoms with E-state index in [1.807, 2.05) is 30.3 Å². The number of fused-ring (bicyclic) bond motifs is 1. The molecular weight excluding hydrogens is 387 g/mol. The van der Waals surface area contributed by atoms with Gasteiger partial charge in [-0.1, -0.05) is 47.5 Å². The second-order valence-corrected chi connectivity index (χ2v) is 6.38. The number of anilines is 1. The van der Waals surface area contributed by atoms with Crippen LogP contribution in [0, 0.1) is 0 Å². The molecule has 0 saturated carbocycles. The maximum atomic E-state index is 11.9. The molecule has 3 rings (SSSR count). The molecule has 0 saturated heterocycles. The van der Waals surface area contributed by atoms with Crippen molar-refractivity contribution in [2.75, 3.05) is 11.9 Å². The Kier molecular flexibility index (Phi) is 6.06. The third-order valence-electron chi connectivity index (χ3n) is 3.61. The van der Waals surface area contributed by atoms with Crippen LogP contribution in [0.2, 0.25) is 10.0 Å². The number of hydrogen-bond acceptors (Lipinski definition) is 4. The topological polar surface area (TPSA) is 68.3 Å². The summed E-state index contributed by atoms with van der Waals surface area (Å²) in [6.07, 6.45) is 4.54. The van der Waals surface area contributed by atoms with Gasteiger partial charge < -0.3 is 10.1 Å². The number of para-hydroxylation sites is 1. The first-order valence-electron chi connectivity index (χ1n) is 7.96. The third kappa shape index (κ3) is 5.06. The Bertz CT molecular complexity index is 1030. The molecule has 1 aromatic heterocycles. The summed E-state index contributed by atoms with van der Waals surface area (Å²) in [5, 5.41) is 4.27. The first-order chi connectivity index (χ1) is 13.0. The number of halogens is 2. The molecular formula is C20H14Cl2N2O3. The van der Waals surface area contributed by atoms with Gasteiger partial charge in [-0.25, -0.2) is 4.79 Å². The van der Waals surface area contributed by atoms with Gasteiger partial charge in [-0.05, 0) is 30.3 Å². The first kappa shape index (κ1) is 18.9. The van der Waals surface area contributed by atoms with E-state index in [1.165, 1.54) is 12.1 Å². The fraction of sp³-hybridized carbons (Fsp3) is 0.0500. The summed E-state index contributed by atoms with van der Waals surface area (Å²) in [7, 11) is 0. The van der Waals surface area contributed by atoms with Crippen molar-refractivity contribution in [1.82, 2.24) is 4.98 Å². The number of nitrogens with one attached hydrogen (secondary N) is 1. The zero-order valence-corrected chi connectivity index (χ0v) is 15.5. The van der Waals surface area contributed by atoms with Crippen molar-refractivity contribution in [3.05, 3.63) is 76.4 Å². The van der Waals surface area contributed by atoms with E-state index in [9.17, 15) is 9.59 Å². The second-order valence-electron chi connectivity index (χ2n) is 5.54. The number of carbonyl (C=O) groups is 2. The summed E-state index contributed by atoms with van der Waals surface area (Å²) < 4.78 is 4.95. The van der Waals surface area contributed by atoms with E-state index >= 15 is 0 Å². The monoisotopic (exact) mass is 400 g/mol. The van der Waals surface area contributed by atoms with Gasteiger partial charge >= 0.3 is 5.97 Å². The highest BCUT2D eigenvalue weighted by atomic mass is 35.5. The van der Waals surface area contributed by atoms with Crippen LogP contribution < -0.4 is 5.32 Å². The van der Waals surface area contributed by atoms with Gasteiger partial charge in [0.25, 0.3) is 5.91 Å². The van der Waals surface area contributed by atoms with Gasteiger partial charge in [0, 0.05) is 28.2 Å². The van der Waals surface area contributed by atoms with Crippen LogP contribution in [-0.4, -0.2) is 23.5 Å². The molecule has 1 amide bonds. The van der Waals surface area contributed by atoms with Gasteiger partial charge in [0.1, 0.15) is 0 Å². The number of nitrogens with zero attached hydrogens (tertiary/aromatic N) is 1. The molecule has 0 aliphatic rings. The minimum absolute atomic E-state index is 0.297. The molecule has 0 spiro atoms. The lowest BCUT2D eigenvalue weighted by Gasteiger charge is -2.07. The summed E-state index contributed by atoms with van der Waals surface area (Å²) in [4.78, 5) is 28.1. The molecule has 0 aliphatic heterocycles. The Morgan fingerprint density at radius 1 is 1.11 bits per heavy atom.